The quantitative estimate of drug-likeness (QED) is 0.623. The molecule has 3 heterocycles. The van der Waals surface area contributed by atoms with E-state index in [1.807, 2.05) is 6.07 Å². The molecule has 0 N–H and O–H groups in total. The number of benzene rings is 1. The van der Waals surface area contributed by atoms with E-state index in [0.29, 0.717) is 30.2 Å². The molecule has 1 aromatic carbocycles. The van der Waals surface area contributed by atoms with Crippen molar-refractivity contribution < 1.29 is 17.9 Å². The van der Waals surface area contributed by atoms with Crippen molar-refractivity contribution in [1.29, 1.82) is 0 Å². The molecule has 2 aromatic rings. The van der Waals surface area contributed by atoms with E-state index in [2.05, 4.69) is 20.8 Å². The van der Waals surface area contributed by atoms with Crippen LogP contribution in [0.1, 0.15) is 31.7 Å². The van der Waals surface area contributed by atoms with Crippen molar-refractivity contribution in [3.05, 3.63) is 33.2 Å². The lowest BCUT2D eigenvalue weighted by atomic mass is 9.97. The third-order valence-corrected chi connectivity index (χ3v) is 7.91. The SMILES string of the molecule is COC(=O)N1CCC(N2CCC(n3c(=O)n(S(C)(=O)=O)c4cc(Br)ccc43)CC2)CC1. The Hall–Kier alpha value is -1.85. The van der Waals surface area contributed by atoms with E-state index in [0.717, 1.165) is 53.5 Å². The smallest absolute Gasteiger partial charge is 0.409 e. The highest BCUT2D eigenvalue weighted by Crippen LogP contribution is 2.30. The number of hydrogen-bond acceptors (Lipinski definition) is 6. The van der Waals surface area contributed by atoms with Crippen LogP contribution in [0.3, 0.4) is 0 Å². The molecule has 0 bridgehead atoms. The first-order chi connectivity index (χ1) is 14.7. The van der Waals surface area contributed by atoms with Crippen LogP contribution in [0.15, 0.2) is 27.5 Å². The molecule has 0 radical (unpaired) electrons. The number of hydrogen-bond donors (Lipinski definition) is 0. The highest BCUT2D eigenvalue weighted by atomic mass is 79.9. The molecule has 0 aliphatic carbocycles. The molecular weight excluding hydrogens is 488 g/mol. The second kappa shape index (κ2) is 8.59. The predicted molar refractivity (Wildman–Crippen MR) is 121 cm³/mol. The van der Waals surface area contributed by atoms with E-state index in [-0.39, 0.29) is 12.1 Å². The van der Waals surface area contributed by atoms with Gasteiger partial charge in [-0.1, -0.05) is 15.9 Å². The summed E-state index contributed by atoms with van der Waals surface area (Å²) in [6.07, 6.45) is 4.14. The van der Waals surface area contributed by atoms with Crippen LogP contribution in [0.2, 0.25) is 0 Å². The van der Waals surface area contributed by atoms with Crippen molar-refractivity contribution >= 4 is 43.1 Å². The Morgan fingerprint density at radius 2 is 1.65 bits per heavy atom. The Bertz CT molecular complexity index is 1140. The summed E-state index contributed by atoms with van der Waals surface area (Å²) in [5.41, 5.74) is 0.545. The van der Waals surface area contributed by atoms with Gasteiger partial charge in [-0.25, -0.2) is 18.0 Å². The molecule has 11 heteroatoms. The average molecular weight is 515 g/mol. The second-order valence-electron chi connectivity index (χ2n) is 8.27. The first-order valence-corrected chi connectivity index (χ1v) is 13.0. The van der Waals surface area contributed by atoms with Crippen LogP contribution in [0.4, 0.5) is 4.79 Å². The summed E-state index contributed by atoms with van der Waals surface area (Å²) in [6, 6.07) is 5.67. The monoisotopic (exact) mass is 514 g/mol. The second-order valence-corrected chi connectivity index (χ2v) is 11.0. The van der Waals surface area contributed by atoms with Crippen molar-refractivity contribution in [2.75, 3.05) is 39.5 Å². The Labute approximate surface area is 189 Å². The van der Waals surface area contributed by atoms with Gasteiger partial charge < -0.3 is 14.5 Å². The van der Waals surface area contributed by atoms with E-state index < -0.39 is 15.7 Å². The van der Waals surface area contributed by atoms with Gasteiger partial charge in [0.1, 0.15) is 0 Å². The maximum absolute atomic E-state index is 13.1. The van der Waals surface area contributed by atoms with Crippen LogP contribution >= 0.6 is 15.9 Å². The number of rotatable bonds is 3. The highest BCUT2D eigenvalue weighted by Gasteiger charge is 2.32. The molecule has 2 fully saturated rings. The largest absolute Gasteiger partial charge is 0.453 e. The minimum absolute atomic E-state index is 0.0504. The normalized spacial score (nSPS) is 19.8. The fourth-order valence-electron chi connectivity index (χ4n) is 4.89. The summed E-state index contributed by atoms with van der Waals surface area (Å²) in [5.74, 6) is 0. The molecule has 0 unspecified atom stereocenters. The summed E-state index contributed by atoms with van der Waals surface area (Å²) >= 11 is 3.37. The van der Waals surface area contributed by atoms with Crippen LogP contribution in [0.5, 0.6) is 0 Å². The summed E-state index contributed by atoms with van der Waals surface area (Å²) < 4.78 is 32.7. The lowest BCUT2D eigenvalue weighted by Gasteiger charge is -2.41. The molecule has 0 saturated carbocycles. The number of piperidine rings is 2. The molecule has 1 aromatic heterocycles. The number of imidazole rings is 1. The van der Waals surface area contributed by atoms with Crippen LogP contribution in [-0.2, 0) is 14.8 Å². The van der Waals surface area contributed by atoms with E-state index in [4.69, 9.17) is 4.74 Å². The highest BCUT2D eigenvalue weighted by molar-refractivity contribution is 9.10. The van der Waals surface area contributed by atoms with E-state index in [1.54, 1.807) is 21.6 Å². The molecular formula is C20H27BrN4O5S. The average Bonchev–Trinajstić information content (AvgIpc) is 3.04. The van der Waals surface area contributed by atoms with Gasteiger partial charge >= 0.3 is 11.8 Å². The van der Waals surface area contributed by atoms with Gasteiger partial charge in [0.15, 0.2) is 0 Å². The van der Waals surface area contributed by atoms with Crippen molar-refractivity contribution in [3.8, 4) is 0 Å². The Morgan fingerprint density at radius 1 is 1.03 bits per heavy atom. The number of carbonyl (C=O) groups is 1. The molecule has 31 heavy (non-hydrogen) atoms. The number of halogens is 1. The molecule has 170 valence electrons. The summed E-state index contributed by atoms with van der Waals surface area (Å²) in [7, 11) is -2.32. The zero-order valence-electron chi connectivity index (χ0n) is 17.7. The zero-order chi connectivity index (χ0) is 22.3. The third-order valence-electron chi connectivity index (χ3n) is 6.41. The van der Waals surface area contributed by atoms with Crippen LogP contribution in [-0.4, -0.2) is 78.4 Å². The number of nitrogens with zero attached hydrogens (tertiary/aromatic N) is 4. The number of likely N-dealkylation sites (tertiary alicyclic amines) is 2. The maximum atomic E-state index is 13.1. The van der Waals surface area contributed by atoms with Crippen LogP contribution < -0.4 is 5.69 Å². The lowest BCUT2D eigenvalue weighted by molar-refractivity contribution is 0.0686. The summed E-state index contributed by atoms with van der Waals surface area (Å²) in [6.45, 7) is 3.05. The number of ether oxygens (including phenoxy) is 1. The van der Waals surface area contributed by atoms with E-state index >= 15 is 0 Å². The molecule has 1 amide bonds. The van der Waals surface area contributed by atoms with Gasteiger partial charge in [-0.2, -0.15) is 3.97 Å². The van der Waals surface area contributed by atoms with Gasteiger partial charge in [0.2, 0.25) is 10.0 Å². The van der Waals surface area contributed by atoms with Crippen molar-refractivity contribution in [1.82, 2.24) is 18.3 Å². The first kappa shape index (κ1) is 22.3. The summed E-state index contributed by atoms with van der Waals surface area (Å²) in [5, 5.41) is 0. The summed E-state index contributed by atoms with van der Waals surface area (Å²) in [4.78, 5) is 29.0. The molecule has 2 saturated heterocycles. The number of fused-ring (bicyclic) bond motifs is 1. The van der Waals surface area contributed by atoms with Crippen molar-refractivity contribution in [2.24, 2.45) is 0 Å². The predicted octanol–water partition coefficient (Wildman–Crippen LogP) is 2.24. The molecule has 9 nitrogen and oxygen atoms in total. The van der Waals surface area contributed by atoms with Crippen LogP contribution in [0, 0.1) is 0 Å². The lowest BCUT2D eigenvalue weighted by Crippen LogP contribution is -2.49. The number of amides is 1. The standard InChI is InChI=1S/C20H27BrN4O5S/c1-30-20(27)23-11-5-15(6-12-23)22-9-7-16(8-10-22)24-17-4-3-14(21)13-18(17)25(19(24)26)31(2,28)29/h3-4,13,15-16H,5-12H2,1-2H3. The Kier molecular flexibility index (Phi) is 6.19. The zero-order valence-corrected chi connectivity index (χ0v) is 20.1. The third kappa shape index (κ3) is 4.27. The van der Waals surface area contributed by atoms with Gasteiger partial charge in [-0.05, 0) is 43.9 Å². The van der Waals surface area contributed by atoms with Gasteiger partial charge in [-0.15, -0.1) is 0 Å². The number of aromatic nitrogens is 2. The van der Waals surface area contributed by atoms with Gasteiger partial charge in [0.05, 0.1) is 24.4 Å². The van der Waals surface area contributed by atoms with Crippen LogP contribution in [0.25, 0.3) is 11.0 Å². The fourth-order valence-corrected chi connectivity index (χ4v) is 6.12. The minimum atomic E-state index is -3.73. The molecule has 2 aliphatic heterocycles. The minimum Gasteiger partial charge on any atom is -0.453 e. The fraction of sp³-hybridized carbons (Fsp3) is 0.600. The van der Waals surface area contributed by atoms with Gasteiger partial charge in [0, 0.05) is 42.7 Å². The number of methoxy groups -OCH3 is 1. The van der Waals surface area contributed by atoms with E-state index in [1.165, 1.54) is 7.11 Å². The van der Waals surface area contributed by atoms with Crippen molar-refractivity contribution in [3.63, 3.8) is 0 Å². The Morgan fingerprint density at radius 3 is 2.23 bits per heavy atom. The molecule has 4 rings (SSSR count). The molecule has 2 aliphatic rings. The molecule has 0 atom stereocenters. The van der Waals surface area contributed by atoms with Crippen molar-refractivity contribution in [2.45, 2.75) is 37.8 Å². The first-order valence-electron chi connectivity index (χ1n) is 10.4. The van der Waals surface area contributed by atoms with E-state index in [9.17, 15) is 18.0 Å². The van der Waals surface area contributed by atoms with Gasteiger partial charge in [-0.3, -0.25) is 4.57 Å². The topological polar surface area (TPSA) is 93.8 Å². The molecule has 0 spiro atoms. The van der Waals surface area contributed by atoms with Gasteiger partial charge in [0.25, 0.3) is 0 Å². The maximum Gasteiger partial charge on any atom is 0.409 e. The Balaban J connectivity index is 1.52. The number of carbonyl (C=O) groups excluding carboxylic acids is 1.